The monoisotopic (exact) mass is 470 g/mol. The number of aliphatic hydroxyl groups excluding tert-OH is 1. The molecule has 1 atom stereocenters. The molecular formula is C26H31FN2O5. The number of ether oxygens (including phenoxy) is 2. The summed E-state index contributed by atoms with van der Waals surface area (Å²) in [5.74, 6) is 0.165. The molecule has 0 aromatic heterocycles. The minimum atomic E-state index is -0.924. The summed E-state index contributed by atoms with van der Waals surface area (Å²) in [6.07, 6.45) is 3.07. The summed E-state index contributed by atoms with van der Waals surface area (Å²) >= 11 is 0. The Labute approximate surface area is 198 Å². The normalized spacial score (nSPS) is 23.1. The smallest absolute Gasteiger partial charge is 0.404 e. The molecule has 7 nitrogen and oxygen atoms in total. The van der Waals surface area contributed by atoms with Crippen molar-refractivity contribution >= 4 is 12.0 Å². The lowest BCUT2D eigenvalue weighted by atomic mass is 9.68. The highest BCUT2D eigenvalue weighted by molar-refractivity contribution is 5.95. The Morgan fingerprint density at radius 2 is 1.65 bits per heavy atom. The molecule has 0 saturated heterocycles. The molecule has 2 aromatic carbocycles. The van der Waals surface area contributed by atoms with Crippen LogP contribution in [0.5, 0.6) is 5.75 Å². The molecule has 34 heavy (non-hydrogen) atoms. The number of hydrogen-bond acceptors (Lipinski definition) is 5. The van der Waals surface area contributed by atoms with Crippen molar-refractivity contribution in [2.24, 2.45) is 5.73 Å². The van der Waals surface area contributed by atoms with Gasteiger partial charge < -0.3 is 25.2 Å². The second-order valence-electron chi connectivity index (χ2n) is 9.31. The summed E-state index contributed by atoms with van der Waals surface area (Å²) in [6, 6.07) is 13.4. The number of hydrogen-bond donors (Lipinski definition) is 2. The lowest BCUT2D eigenvalue weighted by Crippen LogP contribution is -2.48. The maximum absolute atomic E-state index is 13.5. The van der Waals surface area contributed by atoms with Crippen LogP contribution in [0.3, 0.4) is 0 Å². The lowest BCUT2D eigenvalue weighted by Gasteiger charge is -2.43. The molecule has 8 heteroatoms. The van der Waals surface area contributed by atoms with Crippen LogP contribution in [-0.4, -0.2) is 47.0 Å². The molecule has 2 saturated carbocycles. The van der Waals surface area contributed by atoms with Gasteiger partial charge >= 0.3 is 6.09 Å². The van der Waals surface area contributed by atoms with E-state index in [1.54, 1.807) is 36.4 Å². The fourth-order valence-corrected chi connectivity index (χ4v) is 4.97. The molecule has 3 N–H and O–H groups in total. The zero-order valence-corrected chi connectivity index (χ0v) is 19.3. The molecule has 0 heterocycles. The summed E-state index contributed by atoms with van der Waals surface area (Å²) < 4.78 is 24.0. The maximum Gasteiger partial charge on any atom is 0.404 e. The Morgan fingerprint density at radius 1 is 1.06 bits per heavy atom. The molecule has 2 aliphatic rings. The van der Waals surface area contributed by atoms with Gasteiger partial charge in [0.05, 0.1) is 0 Å². The molecule has 182 valence electrons. The summed E-state index contributed by atoms with van der Waals surface area (Å²) in [4.78, 5) is 26.8. The zero-order chi connectivity index (χ0) is 24.3. The second kappa shape index (κ2) is 10.0. The molecule has 0 radical (unpaired) electrons. The first-order chi connectivity index (χ1) is 16.3. The van der Waals surface area contributed by atoms with E-state index in [-0.39, 0.29) is 30.4 Å². The molecule has 0 spiro atoms. The number of aliphatic hydroxyl groups is 1. The Morgan fingerprint density at radius 3 is 2.18 bits per heavy atom. The van der Waals surface area contributed by atoms with Crippen LogP contribution in [0.4, 0.5) is 9.18 Å². The molecule has 2 fully saturated rings. The predicted molar refractivity (Wildman–Crippen MR) is 124 cm³/mol. The van der Waals surface area contributed by atoms with Crippen molar-refractivity contribution in [3.05, 3.63) is 65.5 Å². The van der Waals surface area contributed by atoms with E-state index in [0.29, 0.717) is 24.2 Å². The van der Waals surface area contributed by atoms with Crippen LogP contribution in [0.15, 0.2) is 48.5 Å². The minimum absolute atomic E-state index is 0.0150. The van der Waals surface area contributed by atoms with Crippen LogP contribution in [0.1, 0.15) is 61.4 Å². The number of amides is 2. The van der Waals surface area contributed by atoms with Gasteiger partial charge in [-0.05, 0) is 87.4 Å². The lowest BCUT2D eigenvalue weighted by molar-refractivity contribution is -0.000298. The van der Waals surface area contributed by atoms with Crippen molar-refractivity contribution in [2.75, 3.05) is 6.61 Å². The third kappa shape index (κ3) is 5.50. The molecule has 0 bridgehead atoms. The minimum Gasteiger partial charge on any atom is -0.465 e. The highest BCUT2D eigenvalue weighted by Crippen LogP contribution is 2.43. The van der Waals surface area contributed by atoms with Gasteiger partial charge in [-0.2, -0.15) is 0 Å². The quantitative estimate of drug-likeness (QED) is 0.565. The van der Waals surface area contributed by atoms with E-state index in [4.69, 9.17) is 15.2 Å². The SMILES string of the molecule is CC(O)Oc1ccc(C(=O)N(C2CC2)C2CCC(COC(N)=O)(c3ccc(F)cc3)CC2)cc1. The fourth-order valence-electron chi connectivity index (χ4n) is 4.97. The molecule has 2 aromatic rings. The van der Waals surface area contributed by atoms with Crippen LogP contribution < -0.4 is 10.5 Å². The Hall–Kier alpha value is -3.13. The fraction of sp³-hybridized carbons (Fsp3) is 0.462. The zero-order valence-electron chi connectivity index (χ0n) is 19.3. The van der Waals surface area contributed by atoms with Crippen molar-refractivity contribution < 1.29 is 28.6 Å². The van der Waals surface area contributed by atoms with Gasteiger partial charge in [0, 0.05) is 23.1 Å². The van der Waals surface area contributed by atoms with E-state index >= 15 is 0 Å². The van der Waals surface area contributed by atoms with E-state index in [0.717, 1.165) is 31.2 Å². The first-order valence-electron chi connectivity index (χ1n) is 11.7. The molecule has 1 unspecified atom stereocenters. The van der Waals surface area contributed by atoms with Crippen LogP contribution in [0.2, 0.25) is 0 Å². The number of nitrogens with zero attached hydrogens (tertiary/aromatic N) is 1. The van der Waals surface area contributed by atoms with Crippen molar-refractivity contribution in [1.82, 2.24) is 4.90 Å². The summed E-state index contributed by atoms with van der Waals surface area (Å²) in [6.45, 7) is 1.65. The molecule has 0 aliphatic heterocycles. The Kier molecular flexibility index (Phi) is 7.07. The first kappa shape index (κ1) is 24.0. The summed E-state index contributed by atoms with van der Waals surface area (Å²) in [5.41, 5.74) is 6.27. The van der Waals surface area contributed by atoms with Crippen molar-refractivity contribution in [3.63, 3.8) is 0 Å². The van der Waals surface area contributed by atoms with E-state index in [2.05, 4.69) is 0 Å². The number of benzene rings is 2. The molecule has 4 rings (SSSR count). The van der Waals surface area contributed by atoms with Crippen LogP contribution in [-0.2, 0) is 10.2 Å². The standard InChI is InChI=1S/C26H31FN2O5/c1-17(30)34-23-10-2-18(3-11-23)24(31)29(21-8-9-21)22-12-14-26(15-13-22,16-33-25(28)32)19-4-6-20(27)7-5-19/h2-7,10-11,17,21-22,30H,8-9,12-16H2,1H3,(H2,28,32). The van der Waals surface area contributed by atoms with Crippen molar-refractivity contribution in [2.45, 2.75) is 69.2 Å². The van der Waals surface area contributed by atoms with Gasteiger partial charge in [0.2, 0.25) is 0 Å². The maximum atomic E-state index is 13.5. The number of rotatable bonds is 8. The van der Waals surface area contributed by atoms with Gasteiger partial charge in [0.15, 0.2) is 6.29 Å². The van der Waals surface area contributed by atoms with Crippen molar-refractivity contribution in [3.8, 4) is 5.75 Å². The Balaban J connectivity index is 1.50. The van der Waals surface area contributed by atoms with Gasteiger partial charge in [0.25, 0.3) is 5.91 Å². The van der Waals surface area contributed by atoms with Crippen LogP contribution >= 0.6 is 0 Å². The Bertz CT molecular complexity index is 997. The van der Waals surface area contributed by atoms with Gasteiger partial charge in [-0.1, -0.05) is 12.1 Å². The number of halogens is 1. The van der Waals surface area contributed by atoms with E-state index in [9.17, 15) is 19.1 Å². The van der Waals surface area contributed by atoms with Gasteiger partial charge in [-0.15, -0.1) is 0 Å². The molecule has 2 amide bonds. The van der Waals surface area contributed by atoms with E-state index in [1.807, 2.05) is 4.90 Å². The van der Waals surface area contributed by atoms with Gasteiger partial charge in [0.1, 0.15) is 18.2 Å². The average Bonchev–Trinajstić information content (AvgIpc) is 3.64. The number of primary amides is 1. The van der Waals surface area contributed by atoms with E-state index < -0.39 is 17.8 Å². The predicted octanol–water partition coefficient (Wildman–Crippen LogP) is 4.12. The third-order valence-corrected chi connectivity index (χ3v) is 6.84. The second-order valence-corrected chi connectivity index (χ2v) is 9.31. The average molecular weight is 471 g/mol. The molecule has 2 aliphatic carbocycles. The van der Waals surface area contributed by atoms with Crippen LogP contribution in [0, 0.1) is 5.82 Å². The largest absolute Gasteiger partial charge is 0.465 e. The van der Waals surface area contributed by atoms with Crippen molar-refractivity contribution in [1.29, 1.82) is 0 Å². The number of carbonyl (C=O) groups excluding carboxylic acids is 2. The highest BCUT2D eigenvalue weighted by Gasteiger charge is 2.44. The summed E-state index contributed by atoms with van der Waals surface area (Å²) in [7, 11) is 0. The topological polar surface area (TPSA) is 102 Å². The summed E-state index contributed by atoms with van der Waals surface area (Å²) in [5, 5.41) is 9.38. The molecular weight excluding hydrogens is 439 g/mol. The third-order valence-electron chi connectivity index (χ3n) is 6.84. The van der Waals surface area contributed by atoms with Gasteiger partial charge in [-0.3, -0.25) is 4.79 Å². The number of carbonyl (C=O) groups is 2. The number of nitrogens with two attached hydrogens (primary N) is 1. The van der Waals surface area contributed by atoms with E-state index in [1.165, 1.54) is 19.1 Å². The highest BCUT2D eigenvalue weighted by atomic mass is 19.1. The van der Waals surface area contributed by atoms with Gasteiger partial charge in [-0.25, -0.2) is 9.18 Å². The first-order valence-corrected chi connectivity index (χ1v) is 11.7. The van der Waals surface area contributed by atoms with Crippen LogP contribution in [0.25, 0.3) is 0 Å².